The van der Waals surface area contributed by atoms with Crippen molar-refractivity contribution in [2.24, 2.45) is 11.1 Å². The Morgan fingerprint density at radius 3 is 2.71 bits per heavy atom. The Morgan fingerprint density at radius 2 is 2.24 bits per heavy atom. The first-order valence-electron chi connectivity index (χ1n) is 5.33. The molecule has 0 bridgehead atoms. The van der Waals surface area contributed by atoms with Crippen LogP contribution in [0.5, 0.6) is 5.75 Å². The lowest BCUT2D eigenvalue weighted by Gasteiger charge is -2.21. The predicted octanol–water partition coefficient (Wildman–Crippen LogP) is 2.32. The zero-order valence-corrected chi connectivity index (χ0v) is 11.0. The van der Waals surface area contributed by atoms with E-state index in [1.54, 1.807) is 13.2 Å². The molecule has 0 saturated heterocycles. The van der Waals surface area contributed by atoms with Gasteiger partial charge in [-0.2, -0.15) is 0 Å². The fourth-order valence-electron chi connectivity index (χ4n) is 2.04. The number of ether oxygens (including phenoxy) is 1. The lowest BCUT2D eigenvalue weighted by atomic mass is 9.90. The van der Waals surface area contributed by atoms with Crippen molar-refractivity contribution in [2.75, 3.05) is 7.11 Å². The third kappa shape index (κ3) is 2.05. The van der Waals surface area contributed by atoms with Crippen LogP contribution in [0.4, 0.5) is 0 Å². The second kappa shape index (κ2) is 4.31. The topological polar surface area (TPSA) is 72.5 Å². The molecule has 2 rings (SSSR count). The van der Waals surface area contributed by atoms with Gasteiger partial charge in [0, 0.05) is 16.1 Å². The van der Waals surface area contributed by atoms with Crippen molar-refractivity contribution in [3.63, 3.8) is 0 Å². The highest BCUT2D eigenvalue weighted by atomic mass is 79.9. The van der Waals surface area contributed by atoms with E-state index in [9.17, 15) is 9.90 Å². The standard InChI is InChI=1S/C12H14BrNO3/c1-17-9-3-2-7(13)6-8(9)10(14)12(4-5-12)11(15)16/h2-3,6,10H,4-5,14H2,1H3,(H,15,16). The van der Waals surface area contributed by atoms with Gasteiger partial charge < -0.3 is 15.6 Å². The van der Waals surface area contributed by atoms with E-state index in [0.29, 0.717) is 18.6 Å². The Morgan fingerprint density at radius 1 is 1.59 bits per heavy atom. The number of carbonyl (C=O) groups is 1. The van der Waals surface area contributed by atoms with E-state index < -0.39 is 17.4 Å². The van der Waals surface area contributed by atoms with Crippen molar-refractivity contribution in [3.8, 4) is 5.75 Å². The van der Waals surface area contributed by atoms with Crippen LogP contribution in [0.2, 0.25) is 0 Å². The highest BCUT2D eigenvalue weighted by Gasteiger charge is 2.55. The summed E-state index contributed by atoms with van der Waals surface area (Å²) in [4.78, 5) is 11.3. The molecule has 92 valence electrons. The first-order chi connectivity index (χ1) is 8.01. The number of nitrogens with two attached hydrogens (primary N) is 1. The molecule has 1 unspecified atom stereocenters. The maximum absolute atomic E-state index is 11.3. The number of carboxylic acid groups (broad SMARTS) is 1. The number of carboxylic acids is 1. The van der Waals surface area contributed by atoms with Gasteiger partial charge in [-0.25, -0.2) is 0 Å². The van der Waals surface area contributed by atoms with Crippen LogP contribution in [0.25, 0.3) is 0 Å². The summed E-state index contributed by atoms with van der Waals surface area (Å²) in [5, 5.41) is 9.24. The zero-order valence-electron chi connectivity index (χ0n) is 9.44. The van der Waals surface area contributed by atoms with Gasteiger partial charge in [0.05, 0.1) is 12.5 Å². The van der Waals surface area contributed by atoms with E-state index in [1.165, 1.54) is 0 Å². The number of halogens is 1. The summed E-state index contributed by atoms with van der Waals surface area (Å²) in [6, 6.07) is 4.92. The lowest BCUT2D eigenvalue weighted by molar-refractivity contribution is -0.144. The molecule has 1 saturated carbocycles. The van der Waals surface area contributed by atoms with Gasteiger partial charge in [-0.3, -0.25) is 4.79 Å². The molecule has 0 spiro atoms. The molecular formula is C12H14BrNO3. The average molecular weight is 300 g/mol. The summed E-state index contributed by atoms with van der Waals surface area (Å²) >= 11 is 3.36. The largest absolute Gasteiger partial charge is 0.496 e. The van der Waals surface area contributed by atoms with Crippen molar-refractivity contribution in [1.29, 1.82) is 0 Å². The highest BCUT2D eigenvalue weighted by molar-refractivity contribution is 9.10. The number of hydrogen-bond donors (Lipinski definition) is 2. The summed E-state index contributed by atoms with van der Waals surface area (Å²) in [6.45, 7) is 0. The number of hydrogen-bond acceptors (Lipinski definition) is 3. The Balaban J connectivity index is 2.40. The summed E-state index contributed by atoms with van der Waals surface area (Å²) in [5.41, 5.74) is 6.03. The number of benzene rings is 1. The molecule has 0 aliphatic heterocycles. The number of rotatable bonds is 4. The zero-order chi connectivity index (χ0) is 12.6. The van der Waals surface area contributed by atoms with Gasteiger partial charge in [-0.05, 0) is 31.0 Å². The molecule has 0 heterocycles. The van der Waals surface area contributed by atoms with Gasteiger partial charge in [-0.15, -0.1) is 0 Å². The maximum atomic E-state index is 11.3. The van der Waals surface area contributed by atoms with Gasteiger partial charge in [0.1, 0.15) is 5.75 Å². The molecule has 1 aliphatic rings. The number of aliphatic carboxylic acids is 1. The van der Waals surface area contributed by atoms with Crippen LogP contribution >= 0.6 is 15.9 Å². The van der Waals surface area contributed by atoms with Gasteiger partial charge >= 0.3 is 5.97 Å². The number of methoxy groups -OCH3 is 1. The van der Waals surface area contributed by atoms with Crippen LogP contribution in [0.3, 0.4) is 0 Å². The van der Waals surface area contributed by atoms with E-state index in [-0.39, 0.29) is 0 Å². The van der Waals surface area contributed by atoms with Crippen molar-refractivity contribution < 1.29 is 14.6 Å². The van der Waals surface area contributed by atoms with Crippen LogP contribution in [-0.4, -0.2) is 18.2 Å². The molecule has 1 fully saturated rings. The minimum absolute atomic E-state index is 0.535. The van der Waals surface area contributed by atoms with Crippen LogP contribution in [0, 0.1) is 5.41 Å². The summed E-state index contributed by atoms with van der Waals surface area (Å²) < 4.78 is 6.10. The molecule has 1 aromatic rings. The van der Waals surface area contributed by atoms with Crippen molar-refractivity contribution in [3.05, 3.63) is 28.2 Å². The molecule has 1 aromatic carbocycles. The van der Waals surface area contributed by atoms with Gasteiger partial charge in [-0.1, -0.05) is 15.9 Å². The molecule has 17 heavy (non-hydrogen) atoms. The highest BCUT2D eigenvalue weighted by Crippen LogP contribution is 2.55. The van der Waals surface area contributed by atoms with E-state index in [2.05, 4.69) is 15.9 Å². The fraction of sp³-hybridized carbons (Fsp3) is 0.417. The van der Waals surface area contributed by atoms with Gasteiger partial charge in [0.25, 0.3) is 0 Å². The molecule has 4 nitrogen and oxygen atoms in total. The third-order valence-corrected chi connectivity index (χ3v) is 3.83. The first-order valence-corrected chi connectivity index (χ1v) is 6.13. The minimum Gasteiger partial charge on any atom is -0.496 e. The Hall–Kier alpha value is -1.07. The van der Waals surface area contributed by atoms with E-state index >= 15 is 0 Å². The van der Waals surface area contributed by atoms with Crippen LogP contribution in [0.1, 0.15) is 24.4 Å². The lowest BCUT2D eigenvalue weighted by Crippen LogP contribution is -2.30. The summed E-state index contributed by atoms with van der Waals surface area (Å²) in [6.07, 6.45) is 1.25. The molecule has 5 heteroatoms. The SMILES string of the molecule is COc1ccc(Br)cc1C(N)C1(C(=O)O)CC1. The second-order valence-corrected chi connectivity index (χ2v) is 5.24. The molecule has 0 radical (unpaired) electrons. The monoisotopic (exact) mass is 299 g/mol. The smallest absolute Gasteiger partial charge is 0.311 e. The average Bonchev–Trinajstić information content (AvgIpc) is 3.09. The minimum atomic E-state index is -0.827. The van der Waals surface area contributed by atoms with Crippen molar-refractivity contribution in [2.45, 2.75) is 18.9 Å². The normalized spacial score (nSPS) is 18.5. The van der Waals surface area contributed by atoms with Crippen LogP contribution in [0.15, 0.2) is 22.7 Å². The van der Waals surface area contributed by atoms with E-state index in [4.69, 9.17) is 10.5 Å². The van der Waals surface area contributed by atoms with Gasteiger partial charge in [0.15, 0.2) is 0 Å². The van der Waals surface area contributed by atoms with Crippen molar-refractivity contribution >= 4 is 21.9 Å². The Kier molecular flexibility index (Phi) is 3.14. The van der Waals surface area contributed by atoms with Crippen LogP contribution in [-0.2, 0) is 4.79 Å². The molecule has 3 N–H and O–H groups in total. The Bertz CT molecular complexity index is 457. The molecule has 0 amide bonds. The third-order valence-electron chi connectivity index (χ3n) is 3.34. The quantitative estimate of drug-likeness (QED) is 0.895. The predicted molar refractivity (Wildman–Crippen MR) is 66.9 cm³/mol. The maximum Gasteiger partial charge on any atom is 0.311 e. The van der Waals surface area contributed by atoms with E-state index in [0.717, 1.165) is 10.0 Å². The fourth-order valence-corrected chi connectivity index (χ4v) is 2.42. The molecule has 0 aromatic heterocycles. The van der Waals surface area contributed by atoms with Crippen LogP contribution < -0.4 is 10.5 Å². The first kappa shape index (κ1) is 12.4. The Labute approximate surface area is 108 Å². The van der Waals surface area contributed by atoms with Crippen molar-refractivity contribution in [1.82, 2.24) is 0 Å². The summed E-state index contributed by atoms with van der Waals surface area (Å²) in [5.74, 6) is -0.194. The van der Waals surface area contributed by atoms with E-state index in [1.807, 2.05) is 12.1 Å². The molecular weight excluding hydrogens is 286 g/mol. The van der Waals surface area contributed by atoms with Gasteiger partial charge in [0.2, 0.25) is 0 Å². The molecule has 1 atom stereocenters. The second-order valence-electron chi connectivity index (χ2n) is 4.33. The summed E-state index contributed by atoms with van der Waals surface area (Å²) in [7, 11) is 1.56. The molecule has 1 aliphatic carbocycles.